The number of amides is 3. The predicted molar refractivity (Wildman–Crippen MR) is 151 cm³/mol. The summed E-state index contributed by atoms with van der Waals surface area (Å²) in [6.45, 7) is 3.50. The van der Waals surface area contributed by atoms with E-state index in [1.807, 2.05) is 0 Å². The summed E-state index contributed by atoms with van der Waals surface area (Å²) in [5.74, 6) is -1.69. The van der Waals surface area contributed by atoms with Gasteiger partial charge in [-0.1, -0.05) is 18.5 Å². The Morgan fingerprint density at radius 2 is 1.85 bits per heavy atom. The molecule has 3 N–H and O–H groups in total. The van der Waals surface area contributed by atoms with Gasteiger partial charge in [0.25, 0.3) is 0 Å². The lowest BCUT2D eigenvalue weighted by Gasteiger charge is -2.30. The van der Waals surface area contributed by atoms with Crippen LogP contribution in [0.2, 0.25) is 5.02 Å². The van der Waals surface area contributed by atoms with Crippen LogP contribution in [0.5, 0.6) is 0 Å². The first kappa shape index (κ1) is 29.4. The van der Waals surface area contributed by atoms with Crippen LogP contribution >= 0.6 is 11.6 Å². The summed E-state index contributed by atoms with van der Waals surface area (Å²) in [5.41, 5.74) is 1.58. The summed E-state index contributed by atoms with van der Waals surface area (Å²) in [7, 11) is 0. The van der Waals surface area contributed by atoms with Crippen molar-refractivity contribution in [3.8, 4) is 5.69 Å². The maximum absolute atomic E-state index is 13.2. The zero-order chi connectivity index (χ0) is 29.4. The van der Waals surface area contributed by atoms with Gasteiger partial charge in [0, 0.05) is 41.9 Å². The number of piperidine rings is 1. The zero-order valence-corrected chi connectivity index (χ0v) is 23.1. The Hall–Kier alpha value is -4.58. The van der Waals surface area contributed by atoms with Crippen molar-refractivity contribution >= 4 is 47.1 Å². The minimum atomic E-state index is -1.09. The molecular weight excluding hydrogens is 550 g/mol. The molecule has 0 saturated carbocycles. The lowest BCUT2D eigenvalue weighted by molar-refractivity contribution is -0.133. The molecule has 1 aliphatic heterocycles. The van der Waals surface area contributed by atoms with Gasteiger partial charge in [-0.05, 0) is 84.1 Å². The van der Waals surface area contributed by atoms with E-state index < -0.39 is 23.8 Å². The number of carbonyl (C=O) groups is 4. The van der Waals surface area contributed by atoms with Gasteiger partial charge >= 0.3 is 5.97 Å². The average Bonchev–Trinajstić information content (AvgIpc) is 3.49. The molecule has 2 heterocycles. The van der Waals surface area contributed by atoms with Crippen molar-refractivity contribution in [3.05, 3.63) is 71.0 Å². The van der Waals surface area contributed by atoms with E-state index in [0.29, 0.717) is 41.0 Å². The Morgan fingerprint density at radius 3 is 2.51 bits per heavy atom. The Balaban J connectivity index is 1.47. The molecule has 1 atom stereocenters. The van der Waals surface area contributed by atoms with Gasteiger partial charge in [-0.2, -0.15) is 4.68 Å². The van der Waals surface area contributed by atoms with Crippen LogP contribution in [-0.4, -0.2) is 73.0 Å². The van der Waals surface area contributed by atoms with E-state index in [-0.39, 0.29) is 24.3 Å². The number of nitrogens with one attached hydrogen (secondary N) is 2. The fourth-order valence-corrected chi connectivity index (χ4v) is 4.58. The highest BCUT2D eigenvalue weighted by Crippen LogP contribution is 2.21. The monoisotopic (exact) mass is 579 g/mol. The highest BCUT2D eigenvalue weighted by molar-refractivity contribution is 6.30. The Morgan fingerprint density at radius 1 is 1.12 bits per heavy atom. The lowest BCUT2D eigenvalue weighted by atomic mass is 9.98. The fraction of sp³-hybridized carbons (Fsp3) is 0.321. The minimum absolute atomic E-state index is 0.0708. The number of hydrogen-bond acceptors (Lipinski definition) is 7. The van der Waals surface area contributed by atoms with Crippen LogP contribution in [0.4, 0.5) is 5.69 Å². The van der Waals surface area contributed by atoms with Crippen molar-refractivity contribution in [1.82, 2.24) is 30.4 Å². The highest BCUT2D eigenvalue weighted by Gasteiger charge is 2.25. The Bertz CT molecular complexity index is 1420. The SMILES string of the molecule is CC1CCN(C(=O)CC[C@H](NC(=O)/C=C/c2cc(Cl)ccc2-n2cnnn2)C(=O)Nc2ccc(C(=O)O)cc2)CC1. The summed E-state index contributed by atoms with van der Waals surface area (Å²) >= 11 is 6.15. The van der Waals surface area contributed by atoms with E-state index in [1.165, 1.54) is 47.4 Å². The van der Waals surface area contributed by atoms with E-state index in [4.69, 9.17) is 16.7 Å². The standard InChI is InChI=1S/C28H30ClN7O5/c1-18-12-14-35(15-13-18)26(38)11-8-23(27(39)31-22-6-2-19(3-7-22)28(40)41)32-25(37)10-4-20-16-21(29)5-9-24(20)36-17-30-33-34-36/h2-7,9-10,16-18,23H,8,11-15H2,1H3,(H,31,39)(H,32,37)(H,40,41)/b10-4+/t23-/m0/s1. The third-order valence-electron chi connectivity index (χ3n) is 6.82. The number of halogens is 1. The summed E-state index contributed by atoms with van der Waals surface area (Å²) < 4.78 is 1.42. The van der Waals surface area contributed by atoms with Gasteiger partial charge in [0.2, 0.25) is 17.7 Å². The van der Waals surface area contributed by atoms with Crippen molar-refractivity contribution in [2.45, 2.75) is 38.6 Å². The second-order valence-electron chi connectivity index (χ2n) is 9.83. The first-order valence-corrected chi connectivity index (χ1v) is 13.5. The highest BCUT2D eigenvalue weighted by atomic mass is 35.5. The van der Waals surface area contributed by atoms with E-state index in [1.54, 1.807) is 23.1 Å². The number of anilines is 1. The van der Waals surface area contributed by atoms with Crippen molar-refractivity contribution in [2.75, 3.05) is 18.4 Å². The number of hydrogen-bond donors (Lipinski definition) is 3. The van der Waals surface area contributed by atoms with Crippen LogP contribution in [-0.2, 0) is 14.4 Å². The number of aromatic nitrogens is 4. The second-order valence-corrected chi connectivity index (χ2v) is 10.3. The molecule has 41 heavy (non-hydrogen) atoms. The number of carbonyl (C=O) groups excluding carboxylic acids is 3. The average molecular weight is 580 g/mol. The molecule has 3 amide bonds. The lowest BCUT2D eigenvalue weighted by Crippen LogP contribution is -2.44. The summed E-state index contributed by atoms with van der Waals surface area (Å²) in [5, 5.41) is 26.1. The summed E-state index contributed by atoms with van der Waals surface area (Å²) in [6.07, 6.45) is 6.21. The molecule has 4 rings (SSSR count). The van der Waals surface area contributed by atoms with E-state index in [0.717, 1.165) is 12.8 Å². The minimum Gasteiger partial charge on any atom is -0.478 e. The predicted octanol–water partition coefficient (Wildman–Crippen LogP) is 3.19. The maximum Gasteiger partial charge on any atom is 0.335 e. The van der Waals surface area contributed by atoms with Crippen molar-refractivity contribution in [2.24, 2.45) is 5.92 Å². The third-order valence-corrected chi connectivity index (χ3v) is 7.05. The molecule has 1 aromatic heterocycles. The van der Waals surface area contributed by atoms with Crippen LogP contribution in [0.1, 0.15) is 48.5 Å². The molecule has 12 nitrogen and oxygen atoms in total. The van der Waals surface area contributed by atoms with Crippen LogP contribution in [0.15, 0.2) is 54.9 Å². The molecule has 1 saturated heterocycles. The zero-order valence-electron chi connectivity index (χ0n) is 22.4. The van der Waals surface area contributed by atoms with Gasteiger partial charge < -0.3 is 20.6 Å². The normalized spacial score (nSPS) is 14.5. The van der Waals surface area contributed by atoms with Crippen LogP contribution < -0.4 is 10.6 Å². The van der Waals surface area contributed by atoms with Crippen LogP contribution in [0.3, 0.4) is 0 Å². The van der Waals surface area contributed by atoms with Gasteiger partial charge in [-0.15, -0.1) is 5.10 Å². The van der Waals surface area contributed by atoms with Crippen LogP contribution in [0.25, 0.3) is 11.8 Å². The number of nitrogens with zero attached hydrogens (tertiary/aromatic N) is 5. The smallest absolute Gasteiger partial charge is 0.335 e. The molecule has 214 valence electrons. The summed E-state index contributed by atoms with van der Waals surface area (Å²) in [6, 6.07) is 9.63. The molecule has 2 aromatic carbocycles. The number of benzene rings is 2. The Labute approximate surface area is 241 Å². The number of aromatic carboxylic acids is 1. The van der Waals surface area contributed by atoms with E-state index >= 15 is 0 Å². The number of tetrazole rings is 1. The summed E-state index contributed by atoms with van der Waals surface area (Å²) in [4.78, 5) is 51.9. The molecule has 1 aliphatic rings. The van der Waals surface area contributed by atoms with Crippen molar-refractivity contribution < 1.29 is 24.3 Å². The third kappa shape index (κ3) is 8.21. The van der Waals surface area contributed by atoms with E-state index in [9.17, 15) is 19.2 Å². The first-order chi connectivity index (χ1) is 19.7. The molecule has 0 radical (unpaired) electrons. The molecule has 0 bridgehead atoms. The molecular formula is C28H30ClN7O5. The Kier molecular flexibility index (Phi) is 9.80. The van der Waals surface area contributed by atoms with Gasteiger partial charge in [0.1, 0.15) is 12.4 Å². The van der Waals surface area contributed by atoms with Crippen molar-refractivity contribution in [1.29, 1.82) is 0 Å². The van der Waals surface area contributed by atoms with Gasteiger partial charge in [-0.25, -0.2) is 4.79 Å². The second kappa shape index (κ2) is 13.7. The number of carboxylic acid groups (broad SMARTS) is 1. The van der Waals surface area contributed by atoms with Gasteiger partial charge in [0.05, 0.1) is 11.3 Å². The fourth-order valence-electron chi connectivity index (χ4n) is 4.40. The van der Waals surface area contributed by atoms with Gasteiger partial charge in [0.15, 0.2) is 0 Å². The van der Waals surface area contributed by atoms with E-state index in [2.05, 4.69) is 33.1 Å². The molecule has 3 aromatic rings. The van der Waals surface area contributed by atoms with Gasteiger partial charge in [-0.3, -0.25) is 14.4 Å². The topological polar surface area (TPSA) is 159 Å². The maximum atomic E-state index is 13.2. The number of likely N-dealkylation sites (tertiary alicyclic amines) is 1. The quantitative estimate of drug-likeness (QED) is 0.309. The molecule has 0 spiro atoms. The van der Waals surface area contributed by atoms with Crippen molar-refractivity contribution in [3.63, 3.8) is 0 Å². The largest absolute Gasteiger partial charge is 0.478 e. The number of carboxylic acids is 1. The molecule has 0 aliphatic carbocycles. The first-order valence-electron chi connectivity index (χ1n) is 13.1. The van der Waals surface area contributed by atoms with Crippen LogP contribution in [0, 0.1) is 5.92 Å². The molecule has 13 heteroatoms. The molecule has 1 fully saturated rings. The molecule has 0 unspecified atom stereocenters. The number of rotatable bonds is 10.